The van der Waals surface area contributed by atoms with Gasteiger partial charge in [0.25, 0.3) is 0 Å². The van der Waals surface area contributed by atoms with Gasteiger partial charge in [-0.2, -0.15) is 0 Å². The zero-order valence-corrected chi connectivity index (χ0v) is 12.1. The highest BCUT2D eigenvalue weighted by molar-refractivity contribution is 8.00. The lowest BCUT2D eigenvalue weighted by Crippen LogP contribution is -2.06. The molecule has 2 N–H and O–H groups in total. The van der Waals surface area contributed by atoms with Gasteiger partial charge in [-0.15, -0.1) is 16.9 Å². The second-order valence-corrected chi connectivity index (χ2v) is 6.38. The van der Waals surface area contributed by atoms with Crippen LogP contribution in [-0.2, 0) is 12.3 Å². The van der Waals surface area contributed by atoms with Gasteiger partial charge in [0, 0.05) is 0 Å². The first-order valence-electron chi connectivity index (χ1n) is 5.94. The van der Waals surface area contributed by atoms with E-state index in [-0.39, 0.29) is 0 Å². The summed E-state index contributed by atoms with van der Waals surface area (Å²) in [7, 11) is 0. The molecule has 2 heterocycles. The van der Waals surface area contributed by atoms with E-state index in [2.05, 4.69) is 32.6 Å². The molecular formula is C12H12N6S2. The lowest BCUT2D eigenvalue weighted by atomic mass is 10.2. The number of hydrogen-bond donors (Lipinski definition) is 1. The first kappa shape index (κ1) is 13.1. The maximum Gasteiger partial charge on any atom is 0.181 e. The summed E-state index contributed by atoms with van der Waals surface area (Å²) >= 11 is 3.11. The maximum atomic E-state index is 5.61. The van der Waals surface area contributed by atoms with Gasteiger partial charge in [-0.3, -0.25) is 0 Å². The SMILES string of the molecule is Nc1ncc(SCc2nnnn2Cc2ccccc2)s1. The van der Waals surface area contributed by atoms with Crippen molar-refractivity contribution in [1.29, 1.82) is 0 Å². The molecule has 3 rings (SSSR count). The Balaban J connectivity index is 1.67. The second-order valence-electron chi connectivity index (χ2n) is 4.04. The van der Waals surface area contributed by atoms with E-state index in [1.165, 1.54) is 16.9 Å². The van der Waals surface area contributed by atoms with Gasteiger partial charge in [0.1, 0.15) is 0 Å². The van der Waals surface area contributed by atoms with Crippen LogP contribution in [0.5, 0.6) is 0 Å². The number of nitrogens with zero attached hydrogens (tertiary/aromatic N) is 5. The second kappa shape index (κ2) is 6.02. The Morgan fingerprint density at radius 2 is 2.10 bits per heavy atom. The van der Waals surface area contributed by atoms with Crippen molar-refractivity contribution in [2.45, 2.75) is 16.5 Å². The van der Waals surface area contributed by atoms with Crippen LogP contribution in [0.3, 0.4) is 0 Å². The van der Waals surface area contributed by atoms with Crippen LogP contribution >= 0.6 is 23.1 Å². The van der Waals surface area contributed by atoms with E-state index in [0.29, 0.717) is 17.4 Å². The molecule has 0 spiro atoms. The van der Waals surface area contributed by atoms with E-state index < -0.39 is 0 Å². The van der Waals surface area contributed by atoms with Crippen molar-refractivity contribution in [2.24, 2.45) is 0 Å². The standard InChI is InChI=1S/C12H12N6S2/c13-12-14-6-11(20-12)19-8-10-15-16-17-18(10)7-9-4-2-1-3-5-9/h1-6H,7-8H2,(H2,13,14). The Morgan fingerprint density at radius 1 is 1.25 bits per heavy atom. The van der Waals surface area contributed by atoms with Crippen LogP contribution in [-0.4, -0.2) is 25.2 Å². The summed E-state index contributed by atoms with van der Waals surface area (Å²) in [6, 6.07) is 10.1. The van der Waals surface area contributed by atoms with E-state index in [4.69, 9.17) is 5.73 Å². The Bertz CT molecular complexity index is 678. The quantitative estimate of drug-likeness (QED) is 0.726. The number of thiazole rings is 1. The van der Waals surface area contributed by atoms with Gasteiger partial charge in [0.2, 0.25) is 0 Å². The number of hydrogen-bond acceptors (Lipinski definition) is 7. The van der Waals surface area contributed by atoms with Gasteiger partial charge in [-0.25, -0.2) is 9.67 Å². The lowest BCUT2D eigenvalue weighted by molar-refractivity contribution is 0.631. The number of aromatic nitrogens is 5. The minimum absolute atomic E-state index is 0.580. The average Bonchev–Trinajstić information content (AvgIpc) is 3.07. The van der Waals surface area contributed by atoms with Gasteiger partial charge in [0.05, 0.1) is 22.7 Å². The molecule has 1 aromatic carbocycles. The predicted octanol–water partition coefficient (Wildman–Crippen LogP) is 2.05. The molecule has 0 aliphatic heterocycles. The van der Waals surface area contributed by atoms with Crippen molar-refractivity contribution in [1.82, 2.24) is 25.2 Å². The number of nitrogen functional groups attached to an aromatic ring is 1. The fourth-order valence-corrected chi connectivity index (χ4v) is 3.37. The predicted molar refractivity (Wildman–Crippen MR) is 79.4 cm³/mol. The van der Waals surface area contributed by atoms with Gasteiger partial charge < -0.3 is 5.73 Å². The monoisotopic (exact) mass is 304 g/mol. The van der Waals surface area contributed by atoms with Crippen LogP contribution in [0.25, 0.3) is 0 Å². The first-order chi connectivity index (χ1) is 9.81. The van der Waals surface area contributed by atoms with Crippen LogP contribution in [0.15, 0.2) is 40.7 Å². The molecule has 0 bridgehead atoms. The van der Waals surface area contributed by atoms with E-state index >= 15 is 0 Å². The van der Waals surface area contributed by atoms with E-state index in [0.717, 1.165) is 10.0 Å². The van der Waals surface area contributed by atoms with Crippen LogP contribution < -0.4 is 5.73 Å². The minimum atomic E-state index is 0.580. The van der Waals surface area contributed by atoms with Crippen LogP contribution in [0.2, 0.25) is 0 Å². The van der Waals surface area contributed by atoms with E-state index in [9.17, 15) is 0 Å². The number of benzene rings is 1. The van der Waals surface area contributed by atoms with Gasteiger partial charge in [0.15, 0.2) is 11.0 Å². The smallest absolute Gasteiger partial charge is 0.181 e. The Kier molecular flexibility index (Phi) is 3.93. The molecular weight excluding hydrogens is 292 g/mol. The van der Waals surface area contributed by atoms with Crippen molar-refractivity contribution >= 4 is 28.2 Å². The van der Waals surface area contributed by atoms with Crippen molar-refractivity contribution in [3.8, 4) is 0 Å². The maximum absolute atomic E-state index is 5.61. The van der Waals surface area contributed by atoms with E-state index in [1.54, 1.807) is 18.0 Å². The molecule has 20 heavy (non-hydrogen) atoms. The average molecular weight is 304 g/mol. The molecule has 0 unspecified atom stereocenters. The highest BCUT2D eigenvalue weighted by Gasteiger charge is 2.08. The highest BCUT2D eigenvalue weighted by atomic mass is 32.2. The fraction of sp³-hybridized carbons (Fsp3) is 0.167. The molecule has 0 saturated heterocycles. The van der Waals surface area contributed by atoms with Crippen LogP contribution in [0, 0.1) is 0 Å². The summed E-state index contributed by atoms with van der Waals surface area (Å²) in [5.74, 6) is 1.53. The van der Waals surface area contributed by atoms with Crippen molar-refractivity contribution in [3.05, 3.63) is 47.9 Å². The number of thioether (sulfide) groups is 1. The molecule has 0 atom stereocenters. The summed E-state index contributed by atoms with van der Waals surface area (Å²) in [5.41, 5.74) is 6.78. The van der Waals surface area contributed by atoms with Crippen molar-refractivity contribution in [3.63, 3.8) is 0 Å². The molecule has 0 fully saturated rings. The zero-order valence-electron chi connectivity index (χ0n) is 10.5. The molecule has 0 aliphatic rings. The normalized spacial score (nSPS) is 10.8. The highest BCUT2D eigenvalue weighted by Crippen LogP contribution is 2.28. The summed E-state index contributed by atoms with van der Waals surface area (Å²) in [4.78, 5) is 4.02. The first-order valence-corrected chi connectivity index (χ1v) is 7.74. The van der Waals surface area contributed by atoms with Crippen LogP contribution in [0.1, 0.15) is 11.4 Å². The Hall–Kier alpha value is -1.93. The van der Waals surface area contributed by atoms with Crippen LogP contribution in [0.4, 0.5) is 5.13 Å². The Morgan fingerprint density at radius 3 is 2.85 bits per heavy atom. The molecule has 0 aliphatic carbocycles. The summed E-state index contributed by atoms with van der Waals surface area (Å²) in [5, 5.41) is 12.4. The summed E-state index contributed by atoms with van der Waals surface area (Å²) in [6.45, 7) is 0.675. The molecule has 6 nitrogen and oxygen atoms in total. The molecule has 8 heteroatoms. The third-order valence-electron chi connectivity index (χ3n) is 2.63. The molecule has 3 aromatic rings. The third-order valence-corrected chi connectivity index (χ3v) is 4.64. The van der Waals surface area contributed by atoms with Gasteiger partial charge in [-0.05, 0) is 16.0 Å². The van der Waals surface area contributed by atoms with Crippen molar-refractivity contribution in [2.75, 3.05) is 5.73 Å². The molecule has 0 amide bonds. The number of anilines is 1. The summed E-state index contributed by atoms with van der Waals surface area (Å²) < 4.78 is 2.88. The number of nitrogens with two attached hydrogens (primary N) is 1. The van der Waals surface area contributed by atoms with Gasteiger partial charge in [-0.1, -0.05) is 41.7 Å². The fourth-order valence-electron chi connectivity index (χ4n) is 1.68. The molecule has 2 aromatic heterocycles. The van der Waals surface area contributed by atoms with Crippen molar-refractivity contribution < 1.29 is 0 Å². The minimum Gasteiger partial charge on any atom is -0.375 e. The molecule has 0 saturated carbocycles. The summed E-state index contributed by atoms with van der Waals surface area (Å²) in [6.07, 6.45) is 1.77. The topological polar surface area (TPSA) is 82.5 Å². The number of tetrazole rings is 1. The lowest BCUT2D eigenvalue weighted by Gasteiger charge is -2.03. The van der Waals surface area contributed by atoms with E-state index in [1.807, 2.05) is 22.9 Å². The Labute approximate surface area is 124 Å². The zero-order chi connectivity index (χ0) is 13.8. The largest absolute Gasteiger partial charge is 0.375 e. The third kappa shape index (κ3) is 3.14. The molecule has 102 valence electrons. The molecule has 0 radical (unpaired) electrons. The van der Waals surface area contributed by atoms with Gasteiger partial charge >= 0.3 is 0 Å². The number of rotatable bonds is 5.